The third-order valence-electron chi connectivity index (χ3n) is 19.3. The van der Waals surface area contributed by atoms with Crippen LogP contribution >= 0.6 is 31.7 Å². The quantitative estimate of drug-likeness (QED) is 0.0642. The largest absolute Gasteiger partial charge is 2.00 e. The standard InChI is InChI=1S/2C30H50BP2.C24H18N2.2Cu/c2*1-27(2,3)32(28(4,5)6)23-31(25-19-15-13-16-20-25,26-21-17-14-18-22-26)24-33(29(7,8)9)30(10,11)12;1-3-7-21(8-4-1)25-23-15-11-19(12-16-23)20-13-17-24(18-14-20)26-22-9-5-2-6-10-22;;/h2*13-22H,23-24H2,1-12H3;1-18H;;/q2*-1;-2;2*+2/p+4. The van der Waals surface area contributed by atoms with Crippen LogP contribution in [0.4, 0.5) is 22.7 Å². The summed E-state index contributed by atoms with van der Waals surface area (Å²) in [6.07, 6.45) is -1.77. The van der Waals surface area contributed by atoms with E-state index in [0.717, 1.165) is 22.7 Å². The molecule has 2 nitrogen and oxygen atoms in total. The van der Waals surface area contributed by atoms with Gasteiger partial charge in [-0.1, -0.05) is 255 Å². The molecule has 94 heavy (non-hydrogen) atoms. The van der Waals surface area contributed by atoms with Gasteiger partial charge in [-0.2, -0.15) is 21.9 Å². The average Bonchev–Trinajstić information content (AvgIpc) is 0.754. The first-order chi connectivity index (χ1) is 42.6. The molecule has 512 valence electrons. The maximum Gasteiger partial charge on any atom is 2.00 e. The third kappa shape index (κ3) is 23.7. The predicted molar refractivity (Wildman–Crippen MR) is 437 cm³/mol. The Morgan fingerprint density at radius 1 is 0.213 bits per heavy atom. The Bertz CT molecular complexity index is 2990. The van der Waals surface area contributed by atoms with Gasteiger partial charge in [-0.15, -0.1) is 22.7 Å². The molecule has 0 saturated carbocycles. The van der Waals surface area contributed by atoms with Crippen LogP contribution in [0.15, 0.2) is 231 Å². The van der Waals surface area contributed by atoms with Crippen LogP contribution in [0.2, 0.25) is 0 Å². The number of nitrogens with zero attached hydrogens (tertiary/aromatic N) is 2. The fourth-order valence-electron chi connectivity index (χ4n) is 15.9. The first kappa shape index (κ1) is 82.7. The number of hydrogen-bond donors (Lipinski definition) is 0. The van der Waals surface area contributed by atoms with Gasteiger partial charge < -0.3 is 10.6 Å². The molecule has 0 aliphatic rings. The molecule has 8 rings (SSSR count). The Morgan fingerprint density at radius 3 is 0.521 bits per heavy atom. The molecule has 0 aliphatic carbocycles. The van der Waals surface area contributed by atoms with Crippen LogP contribution in [0, 0.1) is 0 Å². The molecule has 0 spiro atoms. The van der Waals surface area contributed by atoms with E-state index in [0.29, 0.717) is 41.2 Å². The Hall–Kier alpha value is -3.75. The second kappa shape index (κ2) is 34.3. The first-order valence-electron chi connectivity index (χ1n) is 34.5. The summed E-state index contributed by atoms with van der Waals surface area (Å²) < 4.78 is 0. The van der Waals surface area contributed by atoms with E-state index in [-0.39, 0.29) is 34.1 Å². The molecule has 10 heteroatoms. The van der Waals surface area contributed by atoms with Crippen molar-refractivity contribution in [2.24, 2.45) is 0 Å². The summed E-state index contributed by atoms with van der Waals surface area (Å²) in [4.78, 5) is 0. The Balaban J connectivity index is 0.000000299. The maximum absolute atomic E-state index is 4.62. The van der Waals surface area contributed by atoms with E-state index in [2.05, 4.69) is 322 Å². The second-order valence-corrected chi connectivity index (χ2v) is 52.3. The molecule has 0 fully saturated rings. The van der Waals surface area contributed by atoms with Crippen molar-refractivity contribution < 1.29 is 34.1 Å². The van der Waals surface area contributed by atoms with E-state index < -0.39 is 44.0 Å². The van der Waals surface area contributed by atoms with Gasteiger partial charge in [0, 0.05) is 0 Å². The van der Waals surface area contributed by atoms with Gasteiger partial charge in [-0.25, -0.2) is 0 Å². The number of hydrogen-bond acceptors (Lipinski definition) is 0. The monoisotopic (exact) mass is 1430 g/mol. The average molecular weight is 1430 g/mol. The summed E-state index contributed by atoms with van der Waals surface area (Å²) in [5.41, 5.74) is 12.5. The zero-order valence-corrected chi connectivity index (χ0v) is 68.3. The molecule has 0 unspecified atom stereocenters. The van der Waals surface area contributed by atoms with Gasteiger partial charge in [-0.05, 0) is 209 Å². The van der Waals surface area contributed by atoms with Crippen molar-refractivity contribution in [1.82, 2.24) is 0 Å². The van der Waals surface area contributed by atoms with E-state index in [9.17, 15) is 0 Å². The van der Waals surface area contributed by atoms with E-state index in [1.165, 1.54) is 35.4 Å². The van der Waals surface area contributed by atoms with Crippen molar-refractivity contribution in [3.63, 3.8) is 0 Å². The molecule has 0 aliphatic heterocycles. The van der Waals surface area contributed by atoms with Gasteiger partial charge in [0.25, 0.3) is 0 Å². The molecule has 0 atom stereocenters. The minimum absolute atomic E-state index is 0. The van der Waals surface area contributed by atoms with Crippen LogP contribution in [0.1, 0.15) is 166 Å². The Morgan fingerprint density at radius 2 is 0.362 bits per heavy atom. The molecule has 0 heterocycles. The normalized spacial score (nSPS) is 12.9. The Labute approximate surface area is 602 Å². The molecular weight excluding hydrogens is 1310 g/mol. The smallest absolute Gasteiger partial charge is 0.658 e. The van der Waals surface area contributed by atoms with Crippen LogP contribution in [0.25, 0.3) is 21.8 Å². The van der Waals surface area contributed by atoms with Gasteiger partial charge in [0.1, 0.15) is 12.3 Å². The topological polar surface area (TPSA) is 28.2 Å². The number of benzene rings is 8. The predicted octanol–water partition coefficient (Wildman–Crippen LogP) is 23.9. The second-order valence-electron chi connectivity index (χ2n) is 34.9. The van der Waals surface area contributed by atoms with Crippen molar-refractivity contribution in [3.05, 3.63) is 241 Å². The summed E-state index contributed by atoms with van der Waals surface area (Å²) in [5, 5.41) is 12.0. The Kier molecular flexibility index (Phi) is 30.2. The van der Waals surface area contributed by atoms with Gasteiger partial charge >= 0.3 is 34.1 Å². The zero-order valence-electron chi connectivity index (χ0n) is 62.4. The number of rotatable bonds is 17. The van der Waals surface area contributed by atoms with Crippen LogP contribution < -0.4 is 21.9 Å². The van der Waals surface area contributed by atoms with E-state index in [1.54, 1.807) is 21.9 Å². The van der Waals surface area contributed by atoms with Crippen LogP contribution in [-0.2, 0) is 34.1 Å². The van der Waals surface area contributed by atoms with Crippen LogP contribution in [-0.4, -0.2) is 77.8 Å². The maximum atomic E-state index is 4.62. The zero-order chi connectivity index (χ0) is 68.2. The summed E-state index contributed by atoms with van der Waals surface area (Å²) in [5.74, 6) is 0. The fourth-order valence-corrected chi connectivity index (χ4v) is 35.6. The molecule has 8 aromatic carbocycles. The summed E-state index contributed by atoms with van der Waals surface area (Å²) in [6, 6.07) is 88.5. The summed E-state index contributed by atoms with van der Waals surface area (Å²) >= 11 is 0. The van der Waals surface area contributed by atoms with E-state index >= 15 is 0 Å². The molecule has 2 radical (unpaired) electrons. The first-order valence-corrected chi connectivity index (χ1v) is 41.3. The van der Waals surface area contributed by atoms with Crippen molar-refractivity contribution in [2.45, 2.75) is 207 Å². The van der Waals surface area contributed by atoms with Crippen molar-refractivity contribution in [1.29, 1.82) is 0 Å². The number of para-hydroxylation sites is 2. The summed E-state index contributed by atoms with van der Waals surface area (Å²) in [6.45, 7) is 60.1. The van der Waals surface area contributed by atoms with E-state index in [1.807, 2.05) is 84.9 Å². The van der Waals surface area contributed by atoms with Gasteiger partial charge in [0.05, 0.1) is 41.2 Å². The van der Waals surface area contributed by atoms with E-state index in [4.69, 9.17) is 0 Å². The SMILES string of the molecule is CC(C)(C)[PH+](C[B-](C[PH+](C(C)(C)C)C(C)(C)C)(c1ccccc1)c1ccccc1)C(C)(C)C.CC(C)(C)[PH+](C[B-](C[PH+](C(C)(C)C)C(C)(C)C)(c1ccccc1)c1ccccc1)C(C)(C)C.[Cu+2].[Cu+2].c1ccc([N-]c2ccc(-c3ccc([N-]c4ccccc4)cc3)cc2)cc1. The minimum Gasteiger partial charge on any atom is -0.658 e. The molecule has 0 saturated heterocycles. The van der Waals surface area contributed by atoms with Crippen LogP contribution in [0.5, 0.6) is 0 Å². The van der Waals surface area contributed by atoms with Crippen molar-refractivity contribution >= 4 is 88.6 Å². The molecular formula is C84H122B2Cu2N2P4+4. The van der Waals surface area contributed by atoms with Gasteiger partial charge in [0.15, 0.2) is 0 Å². The summed E-state index contributed by atoms with van der Waals surface area (Å²) in [7, 11) is -2.87. The van der Waals surface area contributed by atoms with Crippen molar-refractivity contribution in [2.75, 3.05) is 24.2 Å². The fraction of sp³-hybridized carbons (Fsp3) is 0.429. The van der Waals surface area contributed by atoms with Crippen molar-refractivity contribution in [3.8, 4) is 11.1 Å². The minimum atomic E-state index is -0.884. The molecule has 0 amide bonds. The van der Waals surface area contributed by atoms with Gasteiger partial charge in [-0.3, -0.25) is 0 Å². The molecule has 0 bridgehead atoms. The molecule has 0 aromatic heterocycles. The molecule has 0 N–H and O–H groups in total. The molecule has 8 aromatic rings. The van der Waals surface area contributed by atoms with Gasteiger partial charge in [0.2, 0.25) is 0 Å². The van der Waals surface area contributed by atoms with Crippen LogP contribution in [0.3, 0.4) is 0 Å². The third-order valence-corrected chi connectivity index (χ3v) is 38.2.